The first-order valence-electron chi connectivity index (χ1n) is 4.37. The second-order valence-electron chi connectivity index (χ2n) is 2.97. The quantitative estimate of drug-likeness (QED) is 0.392. The summed E-state index contributed by atoms with van der Waals surface area (Å²) >= 11 is 7.76. The van der Waals surface area contributed by atoms with Crippen molar-refractivity contribution in [2.45, 2.75) is 0 Å². The molecule has 0 atom stereocenters. The van der Waals surface area contributed by atoms with Crippen molar-refractivity contribution in [3.8, 4) is 11.6 Å². The van der Waals surface area contributed by atoms with E-state index in [0.29, 0.717) is 26.3 Å². The number of hydrogen-bond donors (Lipinski definition) is 1. The van der Waals surface area contributed by atoms with Gasteiger partial charge in [-0.05, 0) is 12.1 Å². The van der Waals surface area contributed by atoms with E-state index >= 15 is 0 Å². The van der Waals surface area contributed by atoms with Crippen LogP contribution < -0.4 is 10.5 Å². The van der Waals surface area contributed by atoms with Gasteiger partial charge >= 0.3 is 0 Å². The SMILES string of the molecule is Nc1cccc(Oc2cc(Cl)nc(I)n2)c1. The lowest BCUT2D eigenvalue weighted by Gasteiger charge is -2.05. The average molecular weight is 348 g/mol. The first-order chi connectivity index (χ1) is 7.63. The minimum absolute atomic E-state index is 0.346. The molecule has 2 rings (SSSR count). The van der Waals surface area contributed by atoms with Gasteiger partial charge in [-0.3, -0.25) is 0 Å². The molecule has 1 aromatic carbocycles. The molecule has 1 aromatic heterocycles. The fraction of sp³-hybridized carbons (Fsp3) is 0. The third kappa shape index (κ3) is 2.96. The number of nitrogen functional groups attached to an aromatic ring is 1. The topological polar surface area (TPSA) is 61.0 Å². The molecule has 2 N–H and O–H groups in total. The fourth-order valence-electron chi connectivity index (χ4n) is 1.12. The number of anilines is 1. The molecule has 0 saturated heterocycles. The Morgan fingerprint density at radius 3 is 2.75 bits per heavy atom. The zero-order valence-electron chi connectivity index (χ0n) is 8.02. The molecule has 6 heteroatoms. The summed E-state index contributed by atoms with van der Waals surface area (Å²) in [5.41, 5.74) is 6.26. The van der Waals surface area contributed by atoms with Crippen molar-refractivity contribution in [3.05, 3.63) is 39.3 Å². The van der Waals surface area contributed by atoms with Crippen molar-refractivity contribution < 1.29 is 4.74 Å². The maximum absolute atomic E-state index is 5.79. The molecule has 0 aliphatic carbocycles. The van der Waals surface area contributed by atoms with Crippen LogP contribution in [0.5, 0.6) is 11.6 Å². The van der Waals surface area contributed by atoms with E-state index in [1.165, 1.54) is 0 Å². The van der Waals surface area contributed by atoms with Crippen LogP contribution in [0.2, 0.25) is 5.15 Å². The zero-order chi connectivity index (χ0) is 11.5. The second kappa shape index (κ2) is 4.84. The first-order valence-corrected chi connectivity index (χ1v) is 5.82. The monoisotopic (exact) mass is 347 g/mol. The van der Waals surface area contributed by atoms with Gasteiger partial charge in [0.2, 0.25) is 5.88 Å². The van der Waals surface area contributed by atoms with Crippen LogP contribution in [0.15, 0.2) is 30.3 Å². The van der Waals surface area contributed by atoms with Crippen molar-refractivity contribution in [3.63, 3.8) is 0 Å². The lowest BCUT2D eigenvalue weighted by molar-refractivity contribution is 0.460. The largest absolute Gasteiger partial charge is 0.439 e. The highest BCUT2D eigenvalue weighted by Crippen LogP contribution is 2.23. The first kappa shape index (κ1) is 11.4. The zero-order valence-corrected chi connectivity index (χ0v) is 10.9. The van der Waals surface area contributed by atoms with Crippen molar-refractivity contribution in [2.75, 3.05) is 5.73 Å². The number of ether oxygens (including phenoxy) is 1. The summed E-state index contributed by atoms with van der Waals surface area (Å²) in [5, 5.41) is 0.346. The van der Waals surface area contributed by atoms with E-state index in [4.69, 9.17) is 22.1 Å². The molecule has 1 heterocycles. The lowest BCUT2D eigenvalue weighted by atomic mass is 10.3. The van der Waals surface area contributed by atoms with Crippen molar-refractivity contribution in [2.24, 2.45) is 0 Å². The Labute approximate surface area is 111 Å². The summed E-state index contributed by atoms with van der Waals surface area (Å²) in [6.07, 6.45) is 0. The van der Waals surface area contributed by atoms with Crippen LogP contribution in [0.3, 0.4) is 0 Å². The normalized spacial score (nSPS) is 10.1. The Morgan fingerprint density at radius 1 is 1.25 bits per heavy atom. The molecule has 0 aliphatic rings. The summed E-state index contributed by atoms with van der Waals surface area (Å²) in [5.74, 6) is 1.01. The van der Waals surface area contributed by atoms with E-state index in [2.05, 4.69) is 9.97 Å². The summed E-state index contributed by atoms with van der Waals surface area (Å²) < 4.78 is 6.03. The Hall–Kier alpha value is -1.08. The third-order valence-electron chi connectivity index (χ3n) is 1.72. The van der Waals surface area contributed by atoms with Gasteiger partial charge < -0.3 is 10.5 Å². The van der Waals surface area contributed by atoms with Crippen LogP contribution in [0.4, 0.5) is 5.69 Å². The Bertz CT molecular complexity index is 501. The molecule has 0 radical (unpaired) electrons. The van der Waals surface area contributed by atoms with Gasteiger partial charge in [-0.1, -0.05) is 17.7 Å². The Morgan fingerprint density at radius 2 is 2.06 bits per heavy atom. The highest BCUT2D eigenvalue weighted by molar-refractivity contribution is 14.1. The van der Waals surface area contributed by atoms with Gasteiger partial charge in [0.25, 0.3) is 0 Å². The van der Waals surface area contributed by atoms with Crippen molar-refractivity contribution in [1.82, 2.24) is 9.97 Å². The molecule has 0 bridgehead atoms. The summed E-state index contributed by atoms with van der Waals surface area (Å²) in [6.45, 7) is 0. The third-order valence-corrected chi connectivity index (χ3v) is 2.40. The van der Waals surface area contributed by atoms with Gasteiger partial charge in [-0.15, -0.1) is 0 Å². The average Bonchev–Trinajstić information content (AvgIpc) is 2.15. The van der Waals surface area contributed by atoms with E-state index in [1.807, 2.05) is 22.6 Å². The highest BCUT2D eigenvalue weighted by Gasteiger charge is 2.03. The van der Waals surface area contributed by atoms with Crippen molar-refractivity contribution in [1.29, 1.82) is 0 Å². The van der Waals surface area contributed by atoms with Crippen LogP contribution >= 0.6 is 34.2 Å². The lowest BCUT2D eigenvalue weighted by Crippen LogP contribution is -1.93. The van der Waals surface area contributed by atoms with Gasteiger partial charge in [0.05, 0.1) is 0 Å². The fourth-order valence-corrected chi connectivity index (χ4v) is 1.94. The second-order valence-corrected chi connectivity index (χ2v) is 4.32. The molecule has 16 heavy (non-hydrogen) atoms. The number of halogens is 2. The van der Waals surface area contributed by atoms with Crippen molar-refractivity contribution >= 4 is 39.9 Å². The predicted molar refractivity (Wildman–Crippen MR) is 70.7 cm³/mol. The van der Waals surface area contributed by atoms with Gasteiger partial charge in [0.15, 0.2) is 3.83 Å². The number of benzene rings is 1. The maximum atomic E-state index is 5.79. The molecule has 82 valence electrons. The molecule has 0 aliphatic heterocycles. The molecular formula is C10H7ClIN3O. The van der Waals surface area contributed by atoms with Crippen LogP contribution in [0, 0.1) is 3.83 Å². The van der Waals surface area contributed by atoms with Crippen LogP contribution in [0.25, 0.3) is 0 Å². The predicted octanol–water partition coefficient (Wildman–Crippen LogP) is 3.11. The van der Waals surface area contributed by atoms with E-state index in [1.54, 1.807) is 30.3 Å². The molecule has 0 spiro atoms. The molecule has 0 unspecified atom stereocenters. The molecule has 0 amide bonds. The summed E-state index contributed by atoms with van der Waals surface area (Å²) in [7, 11) is 0. The molecule has 0 fully saturated rings. The summed E-state index contributed by atoms with van der Waals surface area (Å²) in [6, 6.07) is 8.64. The smallest absolute Gasteiger partial charge is 0.224 e. The van der Waals surface area contributed by atoms with Crippen LogP contribution in [-0.2, 0) is 0 Å². The van der Waals surface area contributed by atoms with Gasteiger partial charge in [-0.2, -0.15) is 4.98 Å². The van der Waals surface area contributed by atoms with Gasteiger partial charge in [-0.25, -0.2) is 4.98 Å². The minimum Gasteiger partial charge on any atom is -0.439 e. The standard InChI is InChI=1S/C10H7ClIN3O/c11-8-5-9(15-10(12)14-8)16-7-3-1-2-6(13)4-7/h1-5H,13H2. The number of nitrogens with two attached hydrogens (primary N) is 1. The number of rotatable bonds is 2. The number of nitrogens with zero attached hydrogens (tertiary/aromatic N) is 2. The van der Waals surface area contributed by atoms with Gasteiger partial charge in [0, 0.05) is 40.4 Å². The van der Waals surface area contributed by atoms with Crippen LogP contribution in [-0.4, -0.2) is 9.97 Å². The Balaban J connectivity index is 2.27. The molecule has 4 nitrogen and oxygen atoms in total. The van der Waals surface area contributed by atoms with Crippen LogP contribution in [0.1, 0.15) is 0 Å². The van der Waals surface area contributed by atoms with E-state index in [9.17, 15) is 0 Å². The van der Waals surface area contributed by atoms with Gasteiger partial charge in [0.1, 0.15) is 10.9 Å². The maximum Gasteiger partial charge on any atom is 0.224 e. The van der Waals surface area contributed by atoms with E-state index < -0.39 is 0 Å². The molecule has 2 aromatic rings. The minimum atomic E-state index is 0.346. The number of hydrogen-bond acceptors (Lipinski definition) is 4. The molecule has 0 saturated carbocycles. The Kier molecular flexibility index (Phi) is 3.45. The number of aromatic nitrogens is 2. The highest BCUT2D eigenvalue weighted by atomic mass is 127. The summed E-state index contributed by atoms with van der Waals surface area (Å²) in [4.78, 5) is 8.02. The van der Waals surface area contributed by atoms with E-state index in [0.717, 1.165) is 0 Å². The molecular weight excluding hydrogens is 340 g/mol. The van der Waals surface area contributed by atoms with E-state index in [-0.39, 0.29) is 0 Å².